The van der Waals surface area contributed by atoms with Crippen LogP contribution >= 0.6 is 0 Å². The fraction of sp³-hybridized carbons (Fsp3) is 0.800. The summed E-state index contributed by atoms with van der Waals surface area (Å²) < 4.78 is 4.88. The van der Waals surface area contributed by atoms with Gasteiger partial charge in [0.15, 0.2) is 0 Å². The Morgan fingerprint density at radius 2 is 1.94 bits per heavy atom. The summed E-state index contributed by atoms with van der Waals surface area (Å²) in [6.45, 7) is 2.63. The molecule has 0 radical (unpaired) electrons. The smallest absolute Gasteiger partial charge is 0.236 e. The minimum absolute atomic E-state index is 0.0242. The maximum absolute atomic E-state index is 11.3. The molecule has 94 valence electrons. The van der Waals surface area contributed by atoms with E-state index in [4.69, 9.17) is 4.74 Å². The monoisotopic (exact) mass is 231 g/mol. The van der Waals surface area contributed by atoms with E-state index in [1.165, 1.54) is 4.90 Å². The third-order valence-corrected chi connectivity index (χ3v) is 1.88. The van der Waals surface area contributed by atoms with E-state index < -0.39 is 0 Å². The maximum atomic E-state index is 11.3. The van der Waals surface area contributed by atoms with Gasteiger partial charge in [0.2, 0.25) is 11.8 Å². The molecule has 0 aliphatic rings. The van der Waals surface area contributed by atoms with Gasteiger partial charge in [-0.3, -0.25) is 14.9 Å². The van der Waals surface area contributed by atoms with Crippen LogP contribution in [0.1, 0.15) is 6.92 Å². The lowest BCUT2D eigenvalue weighted by Crippen LogP contribution is -2.43. The summed E-state index contributed by atoms with van der Waals surface area (Å²) in [7, 11) is 4.92. The molecule has 0 saturated heterocycles. The van der Waals surface area contributed by atoms with Crippen molar-refractivity contribution in [2.45, 2.75) is 13.0 Å². The molecule has 0 aliphatic carbocycles. The average molecular weight is 231 g/mol. The van der Waals surface area contributed by atoms with Gasteiger partial charge in [0.25, 0.3) is 0 Å². The van der Waals surface area contributed by atoms with E-state index in [9.17, 15) is 9.59 Å². The summed E-state index contributed by atoms with van der Waals surface area (Å²) in [4.78, 5) is 24.0. The predicted octanol–water partition coefficient (Wildman–Crippen LogP) is -1.18. The second-order valence-electron chi connectivity index (χ2n) is 3.82. The van der Waals surface area contributed by atoms with Crippen molar-refractivity contribution in [3.63, 3.8) is 0 Å². The van der Waals surface area contributed by atoms with Crippen molar-refractivity contribution in [2.75, 3.05) is 40.9 Å². The minimum Gasteiger partial charge on any atom is -0.383 e. The molecule has 0 aliphatic heterocycles. The number of hydrogen-bond donors (Lipinski definition) is 2. The van der Waals surface area contributed by atoms with E-state index in [0.29, 0.717) is 6.61 Å². The number of rotatable bonds is 7. The van der Waals surface area contributed by atoms with Gasteiger partial charge in [0.05, 0.1) is 19.7 Å². The molecule has 6 heteroatoms. The predicted molar refractivity (Wildman–Crippen MR) is 61.0 cm³/mol. The molecule has 2 amide bonds. The topological polar surface area (TPSA) is 70.7 Å². The van der Waals surface area contributed by atoms with Crippen LogP contribution in [0.4, 0.5) is 0 Å². The van der Waals surface area contributed by atoms with E-state index in [-0.39, 0.29) is 30.9 Å². The van der Waals surface area contributed by atoms with Gasteiger partial charge < -0.3 is 15.0 Å². The number of amides is 2. The van der Waals surface area contributed by atoms with Crippen LogP contribution in [-0.2, 0) is 14.3 Å². The molecule has 2 N–H and O–H groups in total. The second-order valence-corrected chi connectivity index (χ2v) is 3.82. The number of nitrogens with one attached hydrogen (secondary N) is 2. The van der Waals surface area contributed by atoms with Crippen LogP contribution in [-0.4, -0.2) is 63.7 Å². The highest BCUT2D eigenvalue weighted by atomic mass is 16.5. The Balaban J connectivity index is 3.62. The Morgan fingerprint density at radius 1 is 1.31 bits per heavy atom. The summed E-state index contributed by atoms with van der Waals surface area (Å²) in [5.41, 5.74) is 0. The molecule has 0 heterocycles. The third kappa shape index (κ3) is 7.19. The van der Waals surface area contributed by atoms with Crippen molar-refractivity contribution in [3.05, 3.63) is 0 Å². The molecule has 6 nitrogen and oxygen atoms in total. The standard InChI is InChI=1S/C10H21N3O3/c1-8(7-16-4)12-9(14)5-11-6-10(15)13(2)3/h8,11H,5-7H2,1-4H3,(H,12,14). The number of likely N-dealkylation sites (N-methyl/N-ethyl adjacent to an activating group) is 1. The highest BCUT2D eigenvalue weighted by Gasteiger charge is 2.08. The van der Waals surface area contributed by atoms with E-state index in [0.717, 1.165) is 0 Å². The summed E-state index contributed by atoms with van der Waals surface area (Å²) >= 11 is 0. The summed E-state index contributed by atoms with van der Waals surface area (Å²) in [5, 5.41) is 5.50. The van der Waals surface area contributed by atoms with Crippen molar-refractivity contribution in [1.29, 1.82) is 0 Å². The first-order valence-electron chi connectivity index (χ1n) is 5.16. The zero-order valence-corrected chi connectivity index (χ0v) is 10.4. The molecule has 0 spiro atoms. The third-order valence-electron chi connectivity index (χ3n) is 1.88. The van der Waals surface area contributed by atoms with E-state index in [2.05, 4.69) is 10.6 Å². The molecule has 1 atom stereocenters. The van der Waals surface area contributed by atoms with Crippen LogP contribution in [0.3, 0.4) is 0 Å². The van der Waals surface area contributed by atoms with Crippen LogP contribution in [0.5, 0.6) is 0 Å². The van der Waals surface area contributed by atoms with E-state index >= 15 is 0 Å². The number of ether oxygens (including phenoxy) is 1. The Hall–Kier alpha value is -1.14. The zero-order valence-electron chi connectivity index (χ0n) is 10.4. The number of hydrogen-bond acceptors (Lipinski definition) is 4. The fourth-order valence-electron chi connectivity index (χ4n) is 1.06. The second kappa shape index (κ2) is 8.06. The van der Waals surface area contributed by atoms with Crippen LogP contribution in [0.25, 0.3) is 0 Å². The van der Waals surface area contributed by atoms with E-state index in [1.807, 2.05) is 6.92 Å². The van der Waals surface area contributed by atoms with Crippen LogP contribution < -0.4 is 10.6 Å². The molecule has 0 aromatic carbocycles. The zero-order chi connectivity index (χ0) is 12.6. The molecular formula is C10H21N3O3. The summed E-state index contributed by atoms with van der Waals surface area (Å²) in [5.74, 6) is -0.200. The fourth-order valence-corrected chi connectivity index (χ4v) is 1.06. The van der Waals surface area contributed by atoms with Gasteiger partial charge in [0.1, 0.15) is 0 Å². The van der Waals surface area contributed by atoms with Gasteiger partial charge in [-0.25, -0.2) is 0 Å². The van der Waals surface area contributed by atoms with Crippen molar-refractivity contribution in [1.82, 2.24) is 15.5 Å². The lowest BCUT2D eigenvalue weighted by atomic mass is 10.3. The first-order chi connectivity index (χ1) is 7.47. The highest BCUT2D eigenvalue weighted by molar-refractivity contribution is 5.81. The van der Waals surface area contributed by atoms with Gasteiger partial charge in [0, 0.05) is 27.2 Å². The van der Waals surface area contributed by atoms with Gasteiger partial charge in [-0.05, 0) is 6.92 Å². The van der Waals surface area contributed by atoms with Gasteiger partial charge in [-0.1, -0.05) is 0 Å². The normalized spacial score (nSPS) is 12.0. The number of carbonyl (C=O) groups excluding carboxylic acids is 2. The molecule has 1 unspecified atom stereocenters. The van der Waals surface area contributed by atoms with Gasteiger partial charge in [-0.2, -0.15) is 0 Å². The van der Waals surface area contributed by atoms with Crippen LogP contribution in [0, 0.1) is 0 Å². The number of carbonyl (C=O) groups is 2. The first kappa shape index (κ1) is 14.9. The first-order valence-corrected chi connectivity index (χ1v) is 5.16. The highest BCUT2D eigenvalue weighted by Crippen LogP contribution is 1.82. The Bertz CT molecular complexity index is 231. The minimum atomic E-state index is -0.142. The van der Waals surface area contributed by atoms with Crippen molar-refractivity contribution in [3.8, 4) is 0 Å². The molecule has 0 aromatic rings. The molecule has 0 rings (SSSR count). The molecule has 16 heavy (non-hydrogen) atoms. The molecular weight excluding hydrogens is 210 g/mol. The quantitative estimate of drug-likeness (QED) is 0.578. The van der Waals surface area contributed by atoms with Crippen LogP contribution in [0.2, 0.25) is 0 Å². The number of nitrogens with zero attached hydrogens (tertiary/aromatic N) is 1. The summed E-state index contributed by atoms with van der Waals surface area (Å²) in [6, 6.07) is -0.0242. The Labute approximate surface area is 96.3 Å². The largest absolute Gasteiger partial charge is 0.383 e. The van der Waals surface area contributed by atoms with Crippen molar-refractivity contribution in [2.24, 2.45) is 0 Å². The Kier molecular flexibility index (Phi) is 7.49. The number of methoxy groups -OCH3 is 1. The average Bonchev–Trinajstić information content (AvgIpc) is 2.17. The van der Waals surface area contributed by atoms with Gasteiger partial charge >= 0.3 is 0 Å². The molecule has 0 fully saturated rings. The van der Waals surface area contributed by atoms with Crippen molar-refractivity contribution < 1.29 is 14.3 Å². The summed E-state index contributed by atoms with van der Waals surface area (Å²) in [6.07, 6.45) is 0. The lowest BCUT2D eigenvalue weighted by Gasteiger charge is -2.14. The van der Waals surface area contributed by atoms with E-state index in [1.54, 1.807) is 21.2 Å². The Morgan fingerprint density at radius 3 is 2.44 bits per heavy atom. The van der Waals surface area contributed by atoms with Gasteiger partial charge in [-0.15, -0.1) is 0 Å². The molecule has 0 aromatic heterocycles. The molecule has 0 bridgehead atoms. The molecule has 0 saturated carbocycles. The maximum Gasteiger partial charge on any atom is 0.236 e. The lowest BCUT2D eigenvalue weighted by molar-refractivity contribution is -0.127. The van der Waals surface area contributed by atoms with Crippen LogP contribution in [0.15, 0.2) is 0 Å². The SMILES string of the molecule is COCC(C)NC(=O)CNCC(=O)N(C)C. The van der Waals surface area contributed by atoms with Crippen molar-refractivity contribution >= 4 is 11.8 Å².